The molecule has 0 spiro atoms. The van der Waals surface area contributed by atoms with Gasteiger partial charge in [0.2, 0.25) is 0 Å². The third-order valence-electron chi connectivity index (χ3n) is 2.24. The van der Waals surface area contributed by atoms with Crippen LogP contribution in [0.1, 0.15) is 18.4 Å². The van der Waals surface area contributed by atoms with Crippen LogP contribution in [0.3, 0.4) is 0 Å². The Morgan fingerprint density at radius 3 is 3.00 bits per heavy atom. The van der Waals surface area contributed by atoms with Crippen LogP contribution in [-0.2, 0) is 11.2 Å². The highest BCUT2D eigenvalue weighted by molar-refractivity contribution is 5.78. The number of pyridine rings is 1. The number of fused-ring (bicyclic) bond motifs is 1. The Morgan fingerprint density at radius 2 is 2.29 bits per heavy atom. The molecule has 0 radical (unpaired) electrons. The lowest BCUT2D eigenvalue weighted by molar-refractivity contribution is -0.116. The molecule has 0 bridgehead atoms. The van der Waals surface area contributed by atoms with Gasteiger partial charge in [-0.05, 0) is 26.0 Å². The highest BCUT2D eigenvalue weighted by atomic mass is 16.1. The number of nitrogens with zero attached hydrogens (tertiary/aromatic N) is 2. The Balaban J connectivity index is 2.63. The summed E-state index contributed by atoms with van der Waals surface area (Å²) in [7, 11) is 0. The largest absolute Gasteiger partial charge is 0.301 e. The van der Waals surface area contributed by atoms with Crippen LogP contribution < -0.4 is 0 Å². The van der Waals surface area contributed by atoms with Crippen molar-refractivity contribution < 1.29 is 4.79 Å². The minimum Gasteiger partial charge on any atom is -0.301 e. The van der Waals surface area contributed by atoms with Gasteiger partial charge in [0.25, 0.3) is 0 Å². The van der Waals surface area contributed by atoms with E-state index in [-0.39, 0.29) is 5.78 Å². The van der Waals surface area contributed by atoms with Crippen molar-refractivity contribution in [1.29, 1.82) is 0 Å². The topological polar surface area (TPSA) is 34.4 Å². The van der Waals surface area contributed by atoms with Crippen LogP contribution >= 0.6 is 0 Å². The number of imidazole rings is 1. The van der Waals surface area contributed by atoms with Gasteiger partial charge in [0.1, 0.15) is 11.6 Å². The number of hydrogen-bond acceptors (Lipinski definition) is 2. The smallest absolute Gasteiger partial charge is 0.135 e. The lowest BCUT2D eigenvalue weighted by Crippen LogP contribution is -2.04. The van der Waals surface area contributed by atoms with Crippen molar-refractivity contribution in [2.45, 2.75) is 20.3 Å². The summed E-state index contributed by atoms with van der Waals surface area (Å²) >= 11 is 0. The molecule has 3 heteroatoms. The third kappa shape index (κ3) is 1.41. The lowest BCUT2D eigenvalue weighted by atomic mass is 10.2. The Labute approximate surface area is 82.4 Å². The fraction of sp³-hybridized carbons (Fsp3) is 0.273. The lowest BCUT2D eigenvalue weighted by Gasteiger charge is -2.04. The standard InChI is InChI=1S/C11H12N2O/c1-8(14)6-10-4-3-5-11-7-12-9(2)13(10)11/h3-5,7H,6H2,1-2H3. The van der Waals surface area contributed by atoms with Gasteiger partial charge in [0.15, 0.2) is 0 Å². The summed E-state index contributed by atoms with van der Waals surface area (Å²) in [5.74, 6) is 1.10. The van der Waals surface area contributed by atoms with Crippen LogP contribution in [-0.4, -0.2) is 15.2 Å². The van der Waals surface area contributed by atoms with Gasteiger partial charge in [0.05, 0.1) is 11.7 Å². The van der Waals surface area contributed by atoms with Crippen LogP contribution in [0.2, 0.25) is 0 Å². The summed E-state index contributed by atoms with van der Waals surface area (Å²) in [6, 6.07) is 5.90. The van der Waals surface area contributed by atoms with Gasteiger partial charge in [0, 0.05) is 12.1 Å². The molecular weight excluding hydrogens is 176 g/mol. The van der Waals surface area contributed by atoms with Crippen molar-refractivity contribution in [2.24, 2.45) is 0 Å². The Kier molecular flexibility index (Phi) is 2.08. The zero-order valence-corrected chi connectivity index (χ0v) is 8.32. The van der Waals surface area contributed by atoms with Crippen molar-refractivity contribution in [1.82, 2.24) is 9.38 Å². The number of aromatic nitrogens is 2. The van der Waals surface area contributed by atoms with Crippen LogP contribution in [0.5, 0.6) is 0 Å². The van der Waals surface area contributed by atoms with Crippen LogP contribution in [0.15, 0.2) is 24.4 Å². The Morgan fingerprint density at radius 1 is 1.50 bits per heavy atom. The van der Waals surface area contributed by atoms with Crippen molar-refractivity contribution in [2.75, 3.05) is 0 Å². The minimum absolute atomic E-state index is 0.172. The van der Waals surface area contributed by atoms with Gasteiger partial charge in [-0.3, -0.25) is 4.79 Å². The van der Waals surface area contributed by atoms with E-state index in [0.717, 1.165) is 17.0 Å². The van der Waals surface area contributed by atoms with E-state index in [2.05, 4.69) is 4.98 Å². The number of carbonyl (C=O) groups excluding carboxylic acids is 1. The molecule has 0 saturated carbocycles. The molecule has 14 heavy (non-hydrogen) atoms. The molecule has 0 N–H and O–H groups in total. The van der Waals surface area contributed by atoms with Crippen LogP contribution in [0.4, 0.5) is 0 Å². The maximum atomic E-state index is 11.1. The molecule has 2 rings (SSSR count). The second-order valence-electron chi connectivity index (χ2n) is 3.46. The number of rotatable bonds is 2. The monoisotopic (exact) mass is 188 g/mol. The maximum Gasteiger partial charge on any atom is 0.135 e. The van der Waals surface area contributed by atoms with E-state index < -0.39 is 0 Å². The fourth-order valence-corrected chi connectivity index (χ4v) is 1.68. The molecule has 0 fully saturated rings. The molecule has 0 aliphatic rings. The van der Waals surface area contributed by atoms with E-state index in [1.54, 1.807) is 6.92 Å². The number of Topliss-reactive ketones (excluding diaryl/α,β-unsaturated/α-hetero) is 1. The zero-order chi connectivity index (χ0) is 10.1. The fourth-order valence-electron chi connectivity index (χ4n) is 1.68. The third-order valence-corrected chi connectivity index (χ3v) is 2.24. The first-order chi connectivity index (χ1) is 6.68. The van der Waals surface area contributed by atoms with Crippen molar-refractivity contribution in [3.63, 3.8) is 0 Å². The quantitative estimate of drug-likeness (QED) is 0.719. The number of carbonyl (C=O) groups is 1. The van der Waals surface area contributed by atoms with Gasteiger partial charge >= 0.3 is 0 Å². The second-order valence-corrected chi connectivity index (χ2v) is 3.46. The first-order valence-electron chi connectivity index (χ1n) is 4.60. The van der Waals surface area contributed by atoms with Gasteiger partial charge in [-0.1, -0.05) is 6.07 Å². The molecule has 2 aromatic heterocycles. The number of hydrogen-bond donors (Lipinski definition) is 0. The first-order valence-corrected chi connectivity index (χ1v) is 4.60. The van der Waals surface area contributed by atoms with Crippen molar-refractivity contribution in [3.05, 3.63) is 35.9 Å². The molecule has 0 saturated heterocycles. The predicted molar refractivity (Wildman–Crippen MR) is 54.3 cm³/mol. The van der Waals surface area contributed by atoms with Gasteiger partial charge in [-0.15, -0.1) is 0 Å². The number of ketones is 1. The van der Waals surface area contributed by atoms with Crippen LogP contribution in [0, 0.1) is 6.92 Å². The normalized spacial score (nSPS) is 10.7. The summed E-state index contributed by atoms with van der Waals surface area (Å²) in [5, 5.41) is 0. The summed E-state index contributed by atoms with van der Waals surface area (Å²) in [6.45, 7) is 3.54. The summed E-state index contributed by atoms with van der Waals surface area (Å²) in [5.41, 5.74) is 2.05. The molecule has 0 atom stereocenters. The van der Waals surface area contributed by atoms with E-state index in [4.69, 9.17) is 0 Å². The summed E-state index contributed by atoms with van der Waals surface area (Å²) in [6.07, 6.45) is 2.29. The molecule has 2 heterocycles. The SMILES string of the molecule is CC(=O)Cc1cccc2cnc(C)n12. The van der Waals surface area contributed by atoms with E-state index in [1.807, 2.05) is 35.7 Å². The first kappa shape index (κ1) is 8.94. The average molecular weight is 188 g/mol. The molecule has 72 valence electrons. The van der Waals surface area contributed by atoms with E-state index in [9.17, 15) is 4.79 Å². The highest BCUT2D eigenvalue weighted by Gasteiger charge is 2.05. The molecule has 3 nitrogen and oxygen atoms in total. The maximum absolute atomic E-state index is 11.1. The summed E-state index contributed by atoms with van der Waals surface area (Å²) < 4.78 is 2.02. The molecule has 0 unspecified atom stereocenters. The highest BCUT2D eigenvalue weighted by Crippen LogP contribution is 2.10. The van der Waals surface area contributed by atoms with Crippen molar-refractivity contribution in [3.8, 4) is 0 Å². The van der Waals surface area contributed by atoms with E-state index in [0.29, 0.717) is 6.42 Å². The predicted octanol–water partition coefficient (Wildman–Crippen LogP) is 1.77. The zero-order valence-electron chi connectivity index (χ0n) is 8.32. The average Bonchev–Trinajstić information content (AvgIpc) is 2.48. The summed E-state index contributed by atoms with van der Waals surface area (Å²) in [4.78, 5) is 15.3. The second kappa shape index (κ2) is 3.25. The van der Waals surface area contributed by atoms with Gasteiger partial charge in [-0.2, -0.15) is 0 Å². The van der Waals surface area contributed by atoms with Gasteiger partial charge < -0.3 is 4.40 Å². The Hall–Kier alpha value is -1.64. The molecular formula is C11H12N2O. The minimum atomic E-state index is 0.172. The molecule has 0 amide bonds. The van der Waals surface area contributed by atoms with Crippen LogP contribution in [0.25, 0.3) is 5.52 Å². The number of aryl methyl sites for hydroxylation is 1. The van der Waals surface area contributed by atoms with E-state index in [1.165, 1.54) is 0 Å². The van der Waals surface area contributed by atoms with Crippen molar-refractivity contribution >= 4 is 11.3 Å². The molecule has 0 aliphatic heterocycles. The molecule has 2 aromatic rings. The van der Waals surface area contributed by atoms with Gasteiger partial charge in [-0.25, -0.2) is 4.98 Å². The molecule has 0 aromatic carbocycles. The van der Waals surface area contributed by atoms with E-state index >= 15 is 0 Å². The molecule has 0 aliphatic carbocycles. The Bertz CT molecular complexity index is 485.